The van der Waals surface area contributed by atoms with Crippen LogP contribution in [0.25, 0.3) is 0 Å². The Morgan fingerprint density at radius 2 is 2.06 bits per heavy atom. The van der Waals surface area contributed by atoms with Crippen LogP contribution in [0, 0.1) is 0 Å². The topological polar surface area (TPSA) is 100 Å². The van der Waals surface area contributed by atoms with E-state index in [1.807, 2.05) is 6.92 Å². The summed E-state index contributed by atoms with van der Waals surface area (Å²) in [7, 11) is -2.24. The van der Waals surface area contributed by atoms with Crippen molar-refractivity contribution in [3.05, 3.63) is 5.82 Å². The van der Waals surface area contributed by atoms with E-state index in [2.05, 4.69) is 10.2 Å². The van der Waals surface area contributed by atoms with Crippen LogP contribution < -0.4 is 5.14 Å². The normalized spacial score (nSPS) is 11.9. The molecule has 0 aromatic carbocycles. The summed E-state index contributed by atoms with van der Waals surface area (Å²) in [5.41, 5.74) is 0. The van der Waals surface area contributed by atoms with Crippen LogP contribution in [0.5, 0.6) is 0 Å². The molecule has 0 amide bonds. The third-order valence-corrected chi connectivity index (χ3v) is 2.86. The van der Waals surface area contributed by atoms with E-state index in [1.165, 1.54) is 4.57 Å². The summed E-state index contributed by atoms with van der Waals surface area (Å²) >= 11 is 0. The first-order chi connectivity index (χ1) is 7.46. The third-order valence-electron chi connectivity index (χ3n) is 2.00. The van der Waals surface area contributed by atoms with Gasteiger partial charge >= 0.3 is 0 Å². The van der Waals surface area contributed by atoms with E-state index in [9.17, 15) is 8.42 Å². The molecule has 7 nitrogen and oxygen atoms in total. The molecule has 2 N–H and O–H groups in total. The molecule has 1 heterocycles. The largest absolute Gasteiger partial charge is 0.381 e. The molecule has 92 valence electrons. The van der Waals surface area contributed by atoms with Gasteiger partial charge in [0.15, 0.2) is 0 Å². The lowest BCUT2D eigenvalue weighted by molar-refractivity contribution is 0.136. The fraction of sp³-hybridized carbons (Fsp3) is 0.750. The fourth-order valence-corrected chi connectivity index (χ4v) is 1.86. The molecule has 0 atom stereocenters. The van der Waals surface area contributed by atoms with Crippen LogP contribution in [-0.2, 0) is 28.2 Å². The van der Waals surface area contributed by atoms with Crippen molar-refractivity contribution in [2.24, 2.45) is 12.2 Å². The Balaban J connectivity index is 2.66. The molecule has 0 spiro atoms. The van der Waals surface area contributed by atoms with E-state index >= 15 is 0 Å². The molecule has 0 saturated carbocycles. The first-order valence-corrected chi connectivity index (χ1v) is 6.50. The second kappa shape index (κ2) is 5.37. The van der Waals surface area contributed by atoms with Crippen LogP contribution in [0.2, 0.25) is 0 Å². The molecule has 1 rings (SSSR count). The molecule has 0 fully saturated rings. The van der Waals surface area contributed by atoms with Gasteiger partial charge in [0.1, 0.15) is 5.82 Å². The SMILES string of the molecule is CCCOCCc1nnc(S(N)(=O)=O)n1C. The zero-order valence-corrected chi connectivity index (χ0v) is 10.2. The highest BCUT2D eigenvalue weighted by Crippen LogP contribution is 2.04. The van der Waals surface area contributed by atoms with Gasteiger partial charge in [-0.1, -0.05) is 6.92 Å². The number of ether oxygens (including phenoxy) is 1. The average molecular weight is 248 g/mol. The number of aromatic nitrogens is 3. The molecule has 16 heavy (non-hydrogen) atoms. The Morgan fingerprint density at radius 1 is 1.38 bits per heavy atom. The molecule has 0 unspecified atom stereocenters. The van der Waals surface area contributed by atoms with E-state index in [4.69, 9.17) is 9.88 Å². The van der Waals surface area contributed by atoms with Crippen molar-refractivity contribution in [2.45, 2.75) is 24.9 Å². The average Bonchev–Trinajstić information content (AvgIpc) is 2.54. The van der Waals surface area contributed by atoms with Crippen molar-refractivity contribution in [2.75, 3.05) is 13.2 Å². The van der Waals surface area contributed by atoms with E-state index in [0.717, 1.165) is 6.42 Å². The van der Waals surface area contributed by atoms with Gasteiger partial charge in [-0.25, -0.2) is 13.6 Å². The van der Waals surface area contributed by atoms with Crippen LogP contribution in [-0.4, -0.2) is 36.4 Å². The van der Waals surface area contributed by atoms with Crippen molar-refractivity contribution in [3.63, 3.8) is 0 Å². The smallest absolute Gasteiger partial charge is 0.273 e. The van der Waals surface area contributed by atoms with Crippen molar-refractivity contribution >= 4 is 10.0 Å². The first kappa shape index (κ1) is 13.1. The molecule has 0 bridgehead atoms. The van der Waals surface area contributed by atoms with Crippen LogP contribution in [0.4, 0.5) is 0 Å². The van der Waals surface area contributed by atoms with Crippen LogP contribution in [0.15, 0.2) is 5.16 Å². The Hall–Kier alpha value is -0.990. The number of hydrogen-bond acceptors (Lipinski definition) is 5. The zero-order valence-electron chi connectivity index (χ0n) is 9.38. The Bertz CT molecular complexity index is 440. The minimum atomic E-state index is -3.80. The van der Waals surface area contributed by atoms with Crippen molar-refractivity contribution < 1.29 is 13.2 Å². The molecule has 1 aromatic heterocycles. The molecule has 1 aromatic rings. The van der Waals surface area contributed by atoms with Crippen molar-refractivity contribution in [1.29, 1.82) is 0 Å². The van der Waals surface area contributed by atoms with Crippen LogP contribution in [0.3, 0.4) is 0 Å². The van der Waals surface area contributed by atoms with Gasteiger partial charge in [-0.3, -0.25) is 0 Å². The van der Waals surface area contributed by atoms with E-state index in [-0.39, 0.29) is 5.16 Å². The molecule has 0 aliphatic rings. The van der Waals surface area contributed by atoms with E-state index in [0.29, 0.717) is 25.5 Å². The number of rotatable bonds is 6. The van der Waals surface area contributed by atoms with Crippen molar-refractivity contribution in [3.8, 4) is 0 Å². The maximum atomic E-state index is 11.1. The quantitative estimate of drug-likeness (QED) is 0.680. The lowest BCUT2D eigenvalue weighted by Gasteiger charge is -2.03. The summed E-state index contributed by atoms with van der Waals surface area (Å²) in [6.45, 7) is 3.19. The summed E-state index contributed by atoms with van der Waals surface area (Å²) < 4.78 is 28.8. The molecular weight excluding hydrogens is 232 g/mol. The summed E-state index contributed by atoms with van der Waals surface area (Å²) in [4.78, 5) is 0. The lowest BCUT2D eigenvalue weighted by Crippen LogP contribution is -2.18. The second-order valence-corrected chi connectivity index (χ2v) is 4.82. The van der Waals surface area contributed by atoms with Gasteiger partial charge in [0, 0.05) is 20.1 Å². The van der Waals surface area contributed by atoms with Crippen molar-refractivity contribution in [1.82, 2.24) is 14.8 Å². The number of primary sulfonamides is 1. The van der Waals surface area contributed by atoms with Gasteiger partial charge in [-0.15, -0.1) is 10.2 Å². The summed E-state index contributed by atoms with van der Waals surface area (Å²) in [6, 6.07) is 0. The summed E-state index contributed by atoms with van der Waals surface area (Å²) in [5.74, 6) is 0.542. The Kier molecular flexibility index (Phi) is 4.39. The predicted octanol–water partition coefficient (Wildman–Crippen LogP) is -0.568. The Labute approximate surface area is 94.7 Å². The highest BCUT2D eigenvalue weighted by atomic mass is 32.2. The van der Waals surface area contributed by atoms with E-state index in [1.54, 1.807) is 7.05 Å². The van der Waals surface area contributed by atoms with Gasteiger partial charge in [0.25, 0.3) is 15.2 Å². The van der Waals surface area contributed by atoms with Gasteiger partial charge < -0.3 is 9.30 Å². The summed E-state index contributed by atoms with van der Waals surface area (Å²) in [5, 5.41) is 12.0. The first-order valence-electron chi connectivity index (χ1n) is 4.95. The number of hydrogen-bond donors (Lipinski definition) is 1. The van der Waals surface area contributed by atoms with Crippen LogP contribution >= 0.6 is 0 Å². The van der Waals surface area contributed by atoms with Gasteiger partial charge in [-0.2, -0.15) is 0 Å². The molecule has 8 heteroatoms. The second-order valence-electron chi connectivity index (χ2n) is 3.37. The minimum Gasteiger partial charge on any atom is -0.381 e. The highest BCUT2D eigenvalue weighted by molar-refractivity contribution is 7.89. The van der Waals surface area contributed by atoms with E-state index < -0.39 is 10.0 Å². The number of nitrogens with two attached hydrogens (primary N) is 1. The summed E-state index contributed by atoms with van der Waals surface area (Å²) in [6.07, 6.45) is 1.46. The number of nitrogens with zero attached hydrogens (tertiary/aromatic N) is 3. The van der Waals surface area contributed by atoms with Crippen LogP contribution in [0.1, 0.15) is 19.2 Å². The van der Waals surface area contributed by atoms with Gasteiger partial charge in [0.05, 0.1) is 6.61 Å². The molecular formula is C8H16N4O3S. The third kappa shape index (κ3) is 3.26. The molecule has 0 saturated heterocycles. The molecule has 0 aliphatic carbocycles. The standard InChI is InChI=1S/C8H16N4O3S/c1-3-5-15-6-4-7-10-11-8(12(7)2)16(9,13)14/h3-6H2,1-2H3,(H2,9,13,14). The monoisotopic (exact) mass is 248 g/mol. The Morgan fingerprint density at radius 3 is 2.56 bits per heavy atom. The maximum Gasteiger partial charge on any atom is 0.273 e. The number of sulfonamides is 1. The minimum absolute atomic E-state index is 0.224. The predicted molar refractivity (Wildman–Crippen MR) is 57.2 cm³/mol. The fourth-order valence-electron chi connectivity index (χ4n) is 1.22. The maximum absolute atomic E-state index is 11.1. The lowest BCUT2D eigenvalue weighted by atomic mass is 10.4. The highest BCUT2D eigenvalue weighted by Gasteiger charge is 2.18. The van der Waals surface area contributed by atoms with Gasteiger partial charge in [-0.05, 0) is 6.42 Å². The van der Waals surface area contributed by atoms with Gasteiger partial charge in [0.2, 0.25) is 0 Å². The zero-order chi connectivity index (χ0) is 12.2. The molecule has 0 radical (unpaired) electrons. The molecule has 0 aliphatic heterocycles.